The number of carbonyl (C=O) groups excluding carboxylic acids is 2. The Kier molecular flexibility index (Phi) is 5.97. The molecule has 1 unspecified atom stereocenters. The number of amides is 2. The lowest BCUT2D eigenvalue weighted by molar-refractivity contribution is -0.132. The second-order valence-corrected chi connectivity index (χ2v) is 4.53. The molecule has 0 aromatic heterocycles. The molecule has 2 amide bonds. The van der Waals surface area contributed by atoms with Gasteiger partial charge >= 0.3 is 0 Å². The summed E-state index contributed by atoms with van der Waals surface area (Å²) in [5.74, 6) is -0.0297. The highest BCUT2D eigenvalue weighted by molar-refractivity contribution is 5.85. The molecule has 17 heavy (non-hydrogen) atoms. The fourth-order valence-corrected chi connectivity index (χ4v) is 2.02. The number of carbonyl (C=O) groups is 2. The van der Waals surface area contributed by atoms with Crippen molar-refractivity contribution >= 4 is 11.8 Å². The van der Waals surface area contributed by atoms with Crippen molar-refractivity contribution in [2.24, 2.45) is 0 Å². The smallest absolute Gasteiger partial charge is 0.241 e. The van der Waals surface area contributed by atoms with Crippen molar-refractivity contribution in [3.63, 3.8) is 0 Å². The maximum absolute atomic E-state index is 11.7. The van der Waals surface area contributed by atoms with Crippen molar-refractivity contribution in [2.45, 2.75) is 39.2 Å². The lowest BCUT2D eigenvalue weighted by Gasteiger charge is -2.16. The maximum atomic E-state index is 11.7. The van der Waals surface area contributed by atoms with Crippen LogP contribution in [0.4, 0.5) is 0 Å². The lowest BCUT2D eigenvalue weighted by atomic mass is 10.2. The lowest BCUT2D eigenvalue weighted by Crippen LogP contribution is -2.40. The van der Waals surface area contributed by atoms with Gasteiger partial charge in [-0.05, 0) is 26.3 Å². The van der Waals surface area contributed by atoms with Gasteiger partial charge < -0.3 is 15.5 Å². The van der Waals surface area contributed by atoms with Crippen molar-refractivity contribution in [3.8, 4) is 0 Å². The molecule has 0 aliphatic carbocycles. The molecule has 0 radical (unpaired) electrons. The zero-order valence-electron chi connectivity index (χ0n) is 10.8. The summed E-state index contributed by atoms with van der Waals surface area (Å²) in [5.41, 5.74) is 0. The quantitative estimate of drug-likeness (QED) is 0.694. The molecule has 0 aromatic rings. The molecule has 1 saturated heterocycles. The van der Waals surface area contributed by atoms with E-state index in [9.17, 15) is 9.59 Å². The second-order valence-electron chi connectivity index (χ2n) is 4.53. The highest BCUT2D eigenvalue weighted by Crippen LogP contribution is 2.06. The van der Waals surface area contributed by atoms with Crippen LogP contribution in [0.1, 0.15) is 33.1 Å². The first kappa shape index (κ1) is 14.0. The summed E-state index contributed by atoms with van der Waals surface area (Å²) in [7, 11) is 0. The number of nitrogens with zero attached hydrogens (tertiary/aromatic N) is 1. The third-order valence-electron chi connectivity index (χ3n) is 2.94. The molecule has 1 rings (SSSR count). The van der Waals surface area contributed by atoms with E-state index >= 15 is 0 Å². The van der Waals surface area contributed by atoms with Gasteiger partial charge in [-0.25, -0.2) is 0 Å². The van der Waals surface area contributed by atoms with E-state index in [2.05, 4.69) is 10.6 Å². The number of rotatable bonds is 6. The van der Waals surface area contributed by atoms with Gasteiger partial charge in [0, 0.05) is 25.6 Å². The third-order valence-corrected chi connectivity index (χ3v) is 2.94. The predicted octanol–water partition coefficient (Wildman–Crippen LogP) is 0.113. The Morgan fingerprint density at radius 2 is 1.94 bits per heavy atom. The van der Waals surface area contributed by atoms with E-state index in [0.29, 0.717) is 6.42 Å². The van der Waals surface area contributed by atoms with Crippen LogP contribution in [0.3, 0.4) is 0 Å². The van der Waals surface area contributed by atoms with Crippen LogP contribution in [-0.2, 0) is 9.59 Å². The SMILES string of the molecule is CCNC(C)CC(=O)NCC(=O)N1CCCC1. The highest BCUT2D eigenvalue weighted by Gasteiger charge is 2.18. The van der Waals surface area contributed by atoms with Gasteiger partial charge in [-0.15, -0.1) is 0 Å². The van der Waals surface area contributed by atoms with E-state index in [1.165, 1.54) is 0 Å². The topological polar surface area (TPSA) is 61.4 Å². The van der Waals surface area contributed by atoms with E-state index in [1.54, 1.807) is 0 Å². The first-order valence-corrected chi connectivity index (χ1v) is 6.41. The highest BCUT2D eigenvalue weighted by atomic mass is 16.2. The van der Waals surface area contributed by atoms with E-state index < -0.39 is 0 Å². The summed E-state index contributed by atoms with van der Waals surface area (Å²) in [6, 6.07) is 0.155. The molecule has 2 N–H and O–H groups in total. The zero-order valence-corrected chi connectivity index (χ0v) is 10.8. The maximum Gasteiger partial charge on any atom is 0.241 e. The van der Waals surface area contributed by atoms with Gasteiger partial charge in [-0.1, -0.05) is 6.92 Å². The van der Waals surface area contributed by atoms with Crippen molar-refractivity contribution in [1.82, 2.24) is 15.5 Å². The van der Waals surface area contributed by atoms with Crippen molar-refractivity contribution in [1.29, 1.82) is 0 Å². The normalized spacial score (nSPS) is 16.9. The van der Waals surface area contributed by atoms with Gasteiger partial charge in [-0.3, -0.25) is 9.59 Å². The summed E-state index contributed by atoms with van der Waals surface area (Å²) in [4.78, 5) is 25.0. The monoisotopic (exact) mass is 241 g/mol. The van der Waals surface area contributed by atoms with Crippen LogP contribution in [0, 0.1) is 0 Å². The van der Waals surface area contributed by atoms with Crippen LogP contribution in [0.2, 0.25) is 0 Å². The standard InChI is InChI=1S/C12H23N3O2/c1-3-13-10(2)8-11(16)14-9-12(17)15-6-4-5-7-15/h10,13H,3-9H2,1-2H3,(H,14,16). The van der Waals surface area contributed by atoms with Gasteiger partial charge in [0.25, 0.3) is 0 Å². The van der Waals surface area contributed by atoms with Crippen molar-refractivity contribution in [3.05, 3.63) is 0 Å². The van der Waals surface area contributed by atoms with E-state index in [-0.39, 0.29) is 24.4 Å². The van der Waals surface area contributed by atoms with Crippen LogP contribution in [0.15, 0.2) is 0 Å². The van der Waals surface area contributed by atoms with Gasteiger partial charge in [0.2, 0.25) is 11.8 Å². The Labute approximate surface area is 103 Å². The van der Waals surface area contributed by atoms with Crippen LogP contribution in [-0.4, -0.2) is 48.9 Å². The largest absolute Gasteiger partial charge is 0.347 e. The Bertz CT molecular complexity index is 262. The molecule has 0 saturated carbocycles. The minimum Gasteiger partial charge on any atom is -0.347 e. The first-order chi connectivity index (χ1) is 8.13. The number of nitrogens with one attached hydrogen (secondary N) is 2. The molecule has 0 aromatic carbocycles. The summed E-state index contributed by atoms with van der Waals surface area (Å²) < 4.78 is 0. The molecule has 98 valence electrons. The van der Waals surface area contributed by atoms with Crippen LogP contribution in [0.5, 0.6) is 0 Å². The average molecular weight is 241 g/mol. The first-order valence-electron chi connectivity index (χ1n) is 6.41. The van der Waals surface area contributed by atoms with Crippen molar-refractivity contribution in [2.75, 3.05) is 26.2 Å². The molecule has 1 fully saturated rings. The Hall–Kier alpha value is -1.10. The van der Waals surface area contributed by atoms with Gasteiger partial charge in [-0.2, -0.15) is 0 Å². The van der Waals surface area contributed by atoms with Gasteiger partial charge in [0.15, 0.2) is 0 Å². The van der Waals surface area contributed by atoms with Crippen LogP contribution >= 0.6 is 0 Å². The molecular formula is C12H23N3O2. The van der Waals surface area contributed by atoms with E-state index in [1.807, 2.05) is 18.7 Å². The van der Waals surface area contributed by atoms with Crippen LogP contribution < -0.4 is 10.6 Å². The summed E-state index contributed by atoms with van der Waals surface area (Å²) in [5, 5.41) is 5.84. The van der Waals surface area contributed by atoms with E-state index in [0.717, 1.165) is 32.5 Å². The number of likely N-dealkylation sites (tertiary alicyclic amines) is 1. The second kappa shape index (κ2) is 7.27. The molecule has 1 atom stereocenters. The minimum absolute atomic E-state index is 0.0342. The Balaban J connectivity index is 2.16. The molecule has 5 nitrogen and oxygen atoms in total. The fraction of sp³-hybridized carbons (Fsp3) is 0.833. The minimum atomic E-state index is -0.0639. The summed E-state index contributed by atoms with van der Waals surface area (Å²) in [6.07, 6.45) is 2.58. The summed E-state index contributed by atoms with van der Waals surface area (Å²) >= 11 is 0. The summed E-state index contributed by atoms with van der Waals surface area (Å²) in [6.45, 7) is 6.63. The number of hydrogen-bond donors (Lipinski definition) is 2. The molecule has 0 spiro atoms. The van der Waals surface area contributed by atoms with Gasteiger partial charge in [0.1, 0.15) is 0 Å². The molecule has 1 aliphatic heterocycles. The fourth-order valence-electron chi connectivity index (χ4n) is 2.02. The van der Waals surface area contributed by atoms with Gasteiger partial charge in [0.05, 0.1) is 6.54 Å². The van der Waals surface area contributed by atoms with Crippen LogP contribution in [0.25, 0.3) is 0 Å². The number of hydrogen-bond acceptors (Lipinski definition) is 3. The average Bonchev–Trinajstić information content (AvgIpc) is 2.79. The molecule has 5 heteroatoms. The predicted molar refractivity (Wildman–Crippen MR) is 66.6 cm³/mol. The van der Waals surface area contributed by atoms with Crippen molar-refractivity contribution < 1.29 is 9.59 Å². The Morgan fingerprint density at radius 1 is 1.29 bits per heavy atom. The molecule has 1 aliphatic rings. The Morgan fingerprint density at radius 3 is 2.53 bits per heavy atom. The molecule has 1 heterocycles. The zero-order chi connectivity index (χ0) is 12.7. The molecule has 0 bridgehead atoms. The van der Waals surface area contributed by atoms with E-state index in [4.69, 9.17) is 0 Å². The molecular weight excluding hydrogens is 218 g/mol. The third kappa shape index (κ3) is 5.17.